The van der Waals surface area contributed by atoms with Gasteiger partial charge in [0.1, 0.15) is 4.64 Å². The maximum absolute atomic E-state index is 5.32. The Kier molecular flexibility index (Phi) is 2.52. The molecule has 2 heterocycles. The maximum Gasteiger partial charge on any atom is 0.155 e. The lowest BCUT2D eigenvalue weighted by molar-refractivity contribution is 0.918. The standard InChI is InChI=1S/C14H13N3S/c1-9-4-3-5-11(6-9)12-8-13-15-10(2)7-14(18)17(13)16-12/h3-8,16H,1-2H3. The molecule has 0 fully saturated rings. The first-order valence-electron chi connectivity index (χ1n) is 5.80. The number of H-pyrrole nitrogens is 1. The molecule has 3 rings (SSSR count). The van der Waals surface area contributed by atoms with Crippen LogP contribution in [-0.4, -0.2) is 14.6 Å². The number of benzene rings is 1. The molecule has 90 valence electrons. The van der Waals surface area contributed by atoms with Crippen molar-refractivity contribution in [1.29, 1.82) is 0 Å². The highest BCUT2D eigenvalue weighted by atomic mass is 32.1. The Hall–Kier alpha value is -1.94. The fraction of sp³-hybridized carbons (Fsp3) is 0.143. The molecule has 0 bridgehead atoms. The van der Waals surface area contributed by atoms with E-state index in [9.17, 15) is 0 Å². The normalized spacial score (nSPS) is 11.0. The minimum atomic E-state index is 0.747. The molecule has 18 heavy (non-hydrogen) atoms. The lowest BCUT2D eigenvalue weighted by Gasteiger charge is -1.98. The number of hydrogen-bond acceptors (Lipinski definition) is 2. The highest BCUT2D eigenvalue weighted by Gasteiger charge is 2.05. The second-order valence-corrected chi connectivity index (χ2v) is 4.89. The van der Waals surface area contributed by atoms with Gasteiger partial charge >= 0.3 is 0 Å². The average Bonchev–Trinajstić information content (AvgIpc) is 2.73. The van der Waals surface area contributed by atoms with Crippen LogP contribution in [0, 0.1) is 18.5 Å². The molecule has 0 saturated heterocycles. The summed E-state index contributed by atoms with van der Waals surface area (Å²) in [5.41, 5.74) is 5.21. The average molecular weight is 255 g/mol. The monoisotopic (exact) mass is 255 g/mol. The molecule has 0 amide bonds. The van der Waals surface area contributed by atoms with Crippen LogP contribution in [0.25, 0.3) is 16.9 Å². The molecular formula is C14H13N3S. The third-order valence-corrected chi connectivity index (χ3v) is 3.21. The summed E-state index contributed by atoms with van der Waals surface area (Å²) in [5, 5.41) is 3.28. The molecule has 0 aliphatic rings. The first kappa shape index (κ1) is 11.2. The van der Waals surface area contributed by atoms with Crippen molar-refractivity contribution in [3.63, 3.8) is 0 Å². The van der Waals surface area contributed by atoms with Crippen LogP contribution >= 0.6 is 12.2 Å². The van der Waals surface area contributed by atoms with Crippen molar-refractivity contribution in [3.8, 4) is 11.3 Å². The molecule has 3 aromatic rings. The van der Waals surface area contributed by atoms with Gasteiger partial charge in [0.05, 0.1) is 5.69 Å². The van der Waals surface area contributed by atoms with E-state index in [1.807, 2.05) is 29.6 Å². The van der Waals surface area contributed by atoms with Crippen LogP contribution in [0.15, 0.2) is 36.4 Å². The molecule has 4 heteroatoms. The van der Waals surface area contributed by atoms with Gasteiger partial charge in [-0.2, -0.15) is 0 Å². The van der Waals surface area contributed by atoms with E-state index in [1.54, 1.807) is 0 Å². The Morgan fingerprint density at radius 3 is 2.78 bits per heavy atom. The zero-order valence-corrected chi connectivity index (χ0v) is 11.1. The first-order valence-corrected chi connectivity index (χ1v) is 6.21. The number of hydrogen-bond donors (Lipinski definition) is 1. The van der Waals surface area contributed by atoms with E-state index in [0.29, 0.717) is 0 Å². The summed E-state index contributed by atoms with van der Waals surface area (Å²) < 4.78 is 2.58. The summed E-state index contributed by atoms with van der Waals surface area (Å²) in [6.07, 6.45) is 0. The molecule has 0 saturated carbocycles. The molecule has 0 aliphatic heterocycles. The van der Waals surface area contributed by atoms with Gasteiger partial charge in [-0.25, -0.2) is 9.50 Å². The Bertz CT molecular complexity index is 783. The number of fused-ring (bicyclic) bond motifs is 1. The van der Waals surface area contributed by atoms with Crippen molar-refractivity contribution < 1.29 is 0 Å². The summed E-state index contributed by atoms with van der Waals surface area (Å²) in [6, 6.07) is 12.3. The van der Waals surface area contributed by atoms with Crippen molar-refractivity contribution in [3.05, 3.63) is 52.3 Å². The molecular weight excluding hydrogens is 242 g/mol. The maximum atomic E-state index is 5.32. The van der Waals surface area contributed by atoms with Crippen LogP contribution in [0.1, 0.15) is 11.3 Å². The van der Waals surface area contributed by atoms with Crippen LogP contribution in [0.2, 0.25) is 0 Å². The van der Waals surface area contributed by atoms with Gasteiger partial charge in [0, 0.05) is 11.8 Å². The molecule has 2 aromatic heterocycles. The van der Waals surface area contributed by atoms with Crippen LogP contribution in [0.3, 0.4) is 0 Å². The van der Waals surface area contributed by atoms with Crippen LogP contribution in [0.5, 0.6) is 0 Å². The first-order chi connectivity index (χ1) is 8.63. The van der Waals surface area contributed by atoms with Crippen LogP contribution in [0.4, 0.5) is 0 Å². The number of aromatic amines is 1. The zero-order chi connectivity index (χ0) is 12.7. The number of aromatic nitrogens is 3. The quantitative estimate of drug-likeness (QED) is 0.673. The van der Waals surface area contributed by atoms with E-state index < -0.39 is 0 Å². The van der Waals surface area contributed by atoms with Gasteiger partial charge in [-0.15, -0.1) is 0 Å². The minimum Gasteiger partial charge on any atom is -0.291 e. The van der Waals surface area contributed by atoms with E-state index in [4.69, 9.17) is 12.2 Å². The lowest BCUT2D eigenvalue weighted by Crippen LogP contribution is -1.93. The van der Waals surface area contributed by atoms with Crippen molar-refractivity contribution in [2.45, 2.75) is 13.8 Å². The molecule has 1 aromatic carbocycles. The molecule has 0 aliphatic carbocycles. The largest absolute Gasteiger partial charge is 0.291 e. The third kappa shape index (κ3) is 1.84. The second-order valence-electron chi connectivity index (χ2n) is 4.47. The summed E-state index contributed by atoms with van der Waals surface area (Å²) in [5.74, 6) is 0. The van der Waals surface area contributed by atoms with Gasteiger partial charge in [0.2, 0.25) is 0 Å². The minimum absolute atomic E-state index is 0.747. The Morgan fingerprint density at radius 1 is 1.17 bits per heavy atom. The Balaban J connectivity index is 2.26. The van der Waals surface area contributed by atoms with E-state index in [1.165, 1.54) is 5.56 Å². The smallest absolute Gasteiger partial charge is 0.155 e. The van der Waals surface area contributed by atoms with Crippen LogP contribution in [-0.2, 0) is 0 Å². The lowest BCUT2D eigenvalue weighted by atomic mass is 10.1. The molecule has 0 atom stereocenters. The van der Waals surface area contributed by atoms with Crippen molar-refractivity contribution >= 4 is 17.9 Å². The predicted molar refractivity (Wildman–Crippen MR) is 75.3 cm³/mol. The van der Waals surface area contributed by atoms with Gasteiger partial charge in [-0.05, 0) is 31.5 Å². The summed E-state index contributed by atoms with van der Waals surface area (Å²) in [6.45, 7) is 4.04. The molecule has 0 radical (unpaired) electrons. The number of nitrogens with one attached hydrogen (secondary N) is 1. The zero-order valence-electron chi connectivity index (χ0n) is 10.3. The predicted octanol–water partition coefficient (Wildman–Crippen LogP) is 3.68. The molecule has 3 nitrogen and oxygen atoms in total. The molecule has 0 unspecified atom stereocenters. The molecule has 1 N–H and O–H groups in total. The number of rotatable bonds is 1. The Labute approximate surface area is 110 Å². The summed E-state index contributed by atoms with van der Waals surface area (Å²) >= 11 is 5.32. The fourth-order valence-electron chi connectivity index (χ4n) is 2.07. The van der Waals surface area contributed by atoms with E-state index in [0.717, 1.165) is 27.2 Å². The van der Waals surface area contributed by atoms with Gasteiger partial charge in [-0.3, -0.25) is 5.10 Å². The van der Waals surface area contributed by atoms with Gasteiger partial charge in [0.25, 0.3) is 0 Å². The Morgan fingerprint density at radius 2 is 2.00 bits per heavy atom. The second kappa shape index (κ2) is 4.07. The van der Waals surface area contributed by atoms with E-state index in [2.05, 4.69) is 35.2 Å². The van der Waals surface area contributed by atoms with Crippen LogP contribution < -0.4 is 0 Å². The fourth-order valence-corrected chi connectivity index (χ4v) is 2.38. The number of nitrogens with zero attached hydrogens (tertiary/aromatic N) is 2. The summed E-state index contributed by atoms with van der Waals surface area (Å²) in [4.78, 5) is 4.47. The number of aryl methyl sites for hydroxylation is 2. The summed E-state index contributed by atoms with van der Waals surface area (Å²) in [7, 11) is 0. The highest BCUT2D eigenvalue weighted by molar-refractivity contribution is 7.71. The van der Waals surface area contributed by atoms with Gasteiger partial charge < -0.3 is 0 Å². The third-order valence-electron chi connectivity index (χ3n) is 2.91. The van der Waals surface area contributed by atoms with Gasteiger partial charge in [0.15, 0.2) is 5.65 Å². The highest BCUT2D eigenvalue weighted by Crippen LogP contribution is 2.20. The van der Waals surface area contributed by atoms with E-state index in [-0.39, 0.29) is 0 Å². The SMILES string of the molecule is Cc1cccc(-c2cc3nc(C)cc(=S)n3[nH]2)c1. The van der Waals surface area contributed by atoms with Crippen molar-refractivity contribution in [2.24, 2.45) is 0 Å². The molecule has 0 spiro atoms. The van der Waals surface area contributed by atoms with Crippen molar-refractivity contribution in [1.82, 2.24) is 14.6 Å². The topological polar surface area (TPSA) is 33.1 Å². The van der Waals surface area contributed by atoms with Crippen molar-refractivity contribution in [2.75, 3.05) is 0 Å². The van der Waals surface area contributed by atoms with E-state index >= 15 is 0 Å². The van der Waals surface area contributed by atoms with Gasteiger partial charge in [-0.1, -0.05) is 36.0 Å².